The predicted octanol–water partition coefficient (Wildman–Crippen LogP) is 7.98. The van der Waals surface area contributed by atoms with E-state index in [9.17, 15) is 0 Å². The van der Waals surface area contributed by atoms with Crippen LogP contribution >= 0.6 is 0 Å². The quantitative estimate of drug-likeness (QED) is 0.183. The molecule has 0 spiro atoms. The summed E-state index contributed by atoms with van der Waals surface area (Å²) in [7, 11) is 8.25. The monoisotopic (exact) mass is 522 g/mol. The minimum atomic E-state index is 0.684. The van der Waals surface area contributed by atoms with Crippen LogP contribution in [0, 0.1) is 0 Å². The summed E-state index contributed by atoms with van der Waals surface area (Å²) in [6.45, 7) is 0. The van der Waals surface area contributed by atoms with Gasteiger partial charge in [-0.05, 0) is 71.3 Å². The van der Waals surface area contributed by atoms with Gasteiger partial charge in [-0.1, -0.05) is 24.3 Å². The lowest BCUT2D eigenvalue weighted by atomic mass is 9.95. The van der Waals surface area contributed by atoms with Crippen LogP contribution < -0.4 is 23.7 Å². The number of fused-ring (bicyclic) bond motifs is 1. The molecule has 0 fully saturated rings. The Morgan fingerprint density at radius 3 is 1.62 bits per heavy atom. The summed E-state index contributed by atoms with van der Waals surface area (Å²) in [5.41, 5.74) is 5.42. The van der Waals surface area contributed by atoms with E-state index in [0.717, 1.165) is 50.5 Å². The molecule has 1 aromatic heterocycles. The first-order valence-corrected chi connectivity index (χ1v) is 12.4. The summed E-state index contributed by atoms with van der Waals surface area (Å²) >= 11 is 0. The number of methoxy groups -OCH3 is 5. The number of hydrogen-bond acceptors (Lipinski definition) is 6. The zero-order valence-electron chi connectivity index (χ0n) is 22.6. The van der Waals surface area contributed by atoms with E-state index >= 15 is 0 Å². The lowest BCUT2D eigenvalue weighted by Gasteiger charge is -2.11. The number of ether oxygens (including phenoxy) is 5. The Balaban J connectivity index is 1.78. The first-order valence-electron chi connectivity index (χ1n) is 12.4. The van der Waals surface area contributed by atoms with Crippen molar-refractivity contribution in [3.05, 3.63) is 90.0 Å². The highest BCUT2D eigenvalue weighted by atomic mass is 16.5. The SMILES string of the molecule is COc1ccc(/C=C/c2cc(OC)cc3oc(-c4ccc(OC)cc4)c(-c4cc(OC)cc(OC)c4)c23)cc1. The van der Waals surface area contributed by atoms with Gasteiger partial charge in [0.05, 0.1) is 35.5 Å². The molecule has 5 rings (SSSR count). The highest BCUT2D eigenvalue weighted by molar-refractivity contribution is 6.07. The largest absolute Gasteiger partial charge is 0.497 e. The second kappa shape index (κ2) is 11.3. The van der Waals surface area contributed by atoms with Crippen molar-refractivity contribution in [1.29, 1.82) is 0 Å². The van der Waals surface area contributed by atoms with Crippen LogP contribution in [-0.4, -0.2) is 35.5 Å². The minimum absolute atomic E-state index is 0.684. The molecule has 0 saturated heterocycles. The van der Waals surface area contributed by atoms with Crippen LogP contribution in [0.5, 0.6) is 28.7 Å². The molecule has 6 heteroatoms. The molecule has 0 saturated carbocycles. The van der Waals surface area contributed by atoms with Crippen molar-refractivity contribution < 1.29 is 28.1 Å². The molecule has 4 aromatic carbocycles. The van der Waals surface area contributed by atoms with Gasteiger partial charge >= 0.3 is 0 Å². The van der Waals surface area contributed by atoms with Crippen molar-refractivity contribution in [2.24, 2.45) is 0 Å². The fraction of sp³-hybridized carbons (Fsp3) is 0.152. The highest BCUT2D eigenvalue weighted by Crippen LogP contribution is 2.46. The molecule has 5 aromatic rings. The minimum Gasteiger partial charge on any atom is -0.497 e. The van der Waals surface area contributed by atoms with E-state index in [0.29, 0.717) is 22.8 Å². The van der Waals surface area contributed by atoms with Gasteiger partial charge in [-0.3, -0.25) is 0 Å². The van der Waals surface area contributed by atoms with Gasteiger partial charge in [0, 0.05) is 28.6 Å². The normalized spacial score (nSPS) is 11.1. The zero-order chi connectivity index (χ0) is 27.4. The van der Waals surface area contributed by atoms with Gasteiger partial charge in [-0.25, -0.2) is 0 Å². The first-order chi connectivity index (χ1) is 19.1. The van der Waals surface area contributed by atoms with Gasteiger partial charge in [0.1, 0.15) is 40.1 Å². The second-order valence-corrected chi connectivity index (χ2v) is 8.83. The van der Waals surface area contributed by atoms with E-state index in [1.807, 2.05) is 78.9 Å². The summed E-state index contributed by atoms with van der Waals surface area (Å²) in [5.74, 6) is 4.36. The Labute approximate surface area is 228 Å². The van der Waals surface area contributed by atoms with Crippen LogP contribution in [0.25, 0.3) is 45.6 Å². The number of benzene rings is 4. The topological polar surface area (TPSA) is 59.3 Å². The van der Waals surface area contributed by atoms with Crippen molar-refractivity contribution in [1.82, 2.24) is 0 Å². The number of furan rings is 1. The van der Waals surface area contributed by atoms with E-state index in [-0.39, 0.29) is 0 Å². The van der Waals surface area contributed by atoms with E-state index in [1.54, 1.807) is 35.5 Å². The third-order valence-electron chi connectivity index (χ3n) is 6.59. The molecule has 0 aliphatic carbocycles. The summed E-state index contributed by atoms with van der Waals surface area (Å²) in [4.78, 5) is 0. The zero-order valence-corrected chi connectivity index (χ0v) is 22.6. The van der Waals surface area contributed by atoms with Gasteiger partial charge in [-0.15, -0.1) is 0 Å². The number of hydrogen-bond donors (Lipinski definition) is 0. The van der Waals surface area contributed by atoms with Crippen molar-refractivity contribution in [2.75, 3.05) is 35.5 Å². The Bertz CT molecular complexity index is 1590. The van der Waals surface area contributed by atoms with Crippen LogP contribution in [0.15, 0.2) is 83.3 Å². The Hall–Kier alpha value is -4.84. The van der Waals surface area contributed by atoms with Crippen molar-refractivity contribution in [3.63, 3.8) is 0 Å². The second-order valence-electron chi connectivity index (χ2n) is 8.83. The highest BCUT2D eigenvalue weighted by Gasteiger charge is 2.22. The Morgan fingerprint density at radius 2 is 1.05 bits per heavy atom. The molecule has 0 N–H and O–H groups in total. The van der Waals surface area contributed by atoms with Crippen LogP contribution in [-0.2, 0) is 0 Å². The smallest absolute Gasteiger partial charge is 0.143 e. The van der Waals surface area contributed by atoms with Gasteiger partial charge in [-0.2, -0.15) is 0 Å². The van der Waals surface area contributed by atoms with Crippen LogP contribution in [0.3, 0.4) is 0 Å². The molecule has 0 amide bonds. The maximum atomic E-state index is 6.57. The van der Waals surface area contributed by atoms with Gasteiger partial charge in [0.2, 0.25) is 0 Å². The van der Waals surface area contributed by atoms with Gasteiger partial charge in [0.25, 0.3) is 0 Å². The van der Waals surface area contributed by atoms with Gasteiger partial charge in [0.15, 0.2) is 0 Å². The Kier molecular flexibility index (Phi) is 7.46. The molecule has 0 atom stereocenters. The summed E-state index contributed by atoms with van der Waals surface area (Å²) in [5, 5.41) is 0.946. The maximum absolute atomic E-state index is 6.57. The van der Waals surface area contributed by atoms with Crippen molar-refractivity contribution in [2.45, 2.75) is 0 Å². The van der Waals surface area contributed by atoms with E-state index in [4.69, 9.17) is 28.1 Å². The molecule has 6 nitrogen and oxygen atoms in total. The number of rotatable bonds is 9. The lowest BCUT2D eigenvalue weighted by molar-refractivity contribution is 0.394. The molecule has 0 aliphatic rings. The maximum Gasteiger partial charge on any atom is 0.143 e. The fourth-order valence-electron chi connectivity index (χ4n) is 4.56. The Morgan fingerprint density at radius 1 is 0.513 bits per heavy atom. The molecular formula is C33H30O6. The molecule has 39 heavy (non-hydrogen) atoms. The molecule has 0 bridgehead atoms. The van der Waals surface area contributed by atoms with Crippen molar-refractivity contribution in [3.8, 4) is 51.2 Å². The molecule has 198 valence electrons. The predicted molar refractivity (Wildman–Crippen MR) is 155 cm³/mol. The standard InChI is InChI=1S/C33H30O6/c1-34-25-12-7-21(8-13-25)6-9-23-16-29(38-5)20-30-31(23)32(24-17-27(36-3)19-28(18-24)37-4)33(39-30)22-10-14-26(35-2)15-11-22/h6-20H,1-5H3/b9-6+. The van der Waals surface area contributed by atoms with E-state index in [1.165, 1.54) is 0 Å². The third kappa shape index (κ3) is 5.27. The van der Waals surface area contributed by atoms with E-state index in [2.05, 4.69) is 12.2 Å². The summed E-state index contributed by atoms with van der Waals surface area (Å²) in [6, 6.07) is 25.5. The van der Waals surface area contributed by atoms with Gasteiger partial charge < -0.3 is 28.1 Å². The molecular weight excluding hydrogens is 492 g/mol. The fourth-order valence-corrected chi connectivity index (χ4v) is 4.56. The van der Waals surface area contributed by atoms with E-state index < -0.39 is 0 Å². The summed E-state index contributed by atoms with van der Waals surface area (Å²) < 4.78 is 34.1. The molecule has 0 aliphatic heterocycles. The van der Waals surface area contributed by atoms with Crippen LogP contribution in [0.1, 0.15) is 11.1 Å². The van der Waals surface area contributed by atoms with Crippen LogP contribution in [0.2, 0.25) is 0 Å². The third-order valence-corrected chi connectivity index (χ3v) is 6.59. The average molecular weight is 523 g/mol. The molecule has 1 heterocycles. The lowest BCUT2D eigenvalue weighted by Crippen LogP contribution is -1.91. The van der Waals surface area contributed by atoms with Crippen molar-refractivity contribution >= 4 is 23.1 Å². The van der Waals surface area contributed by atoms with Crippen LogP contribution in [0.4, 0.5) is 0 Å². The summed E-state index contributed by atoms with van der Waals surface area (Å²) in [6.07, 6.45) is 4.13. The molecule has 0 radical (unpaired) electrons. The molecule has 0 unspecified atom stereocenters. The first kappa shape index (κ1) is 25.8. The average Bonchev–Trinajstić information content (AvgIpc) is 3.39.